The Morgan fingerprint density at radius 3 is 2.41 bits per heavy atom. The van der Waals surface area contributed by atoms with Gasteiger partial charge in [-0.2, -0.15) is 4.31 Å². The molecule has 2 atom stereocenters. The lowest BCUT2D eigenvalue weighted by molar-refractivity contribution is 0.102. The van der Waals surface area contributed by atoms with Crippen LogP contribution in [-0.2, 0) is 10.0 Å². The molecule has 0 aliphatic carbocycles. The Balaban J connectivity index is 1.91. The van der Waals surface area contributed by atoms with Crippen molar-refractivity contribution in [2.45, 2.75) is 39.0 Å². The van der Waals surface area contributed by atoms with Crippen LogP contribution in [0.1, 0.15) is 41.8 Å². The number of rotatable bonds is 4. The first kappa shape index (κ1) is 21.5. The maximum atomic E-state index is 14.4. The highest BCUT2D eigenvalue weighted by Gasteiger charge is 2.32. The van der Waals surface area contributed by atoms with Gasteiger partial charge in [0.05, 0.1) is 10.5 Å². The van der Waals surface area contributed by atoms with Gasteiger partial charge in [0.15, 0.2) is 0 Å². The van der Waals surface area contributed by atoms with Crippen molar-refractivity contribution >= 4 is 21.6 Å². The third kappa shape index (κ3) is 4.51. The minimum absolute atomic E-state index is 0.0636. The van der Waals surface area contributed by atoms with E-state index in [1.54, 1.807) is 12.1 Å². The molecule has 0 radical (unpaired) electrons. The number of anilines is 1. The third-order valence-electron chi connectivity index (χ3n) is 5.51. The molecule has 1 heterocycles. The molecule has 1 saturated heterocycles. The molecule has 1 aliphatic rings. The lowest BCUT2D eigenvalue weighted by Crippen LogP contribution is -2.42. The molecule has 2 aromatic carbocycles. The van der Waals surface area contributed by atoms with Crippen molar-refractivity contribution in [2.24, 2.45) is 11.8 Å². The van der Waals surface area contributed by atoms with Crippen LogP contribution in [0, 0.1) is 31.5 Å². The molecule has 7 heteroatoms. The number of amides is 1. The van der Waals surface area contributed by atoms with E-state index in [1.165, 1.54) is 10.4 Å². The van der Waals surface area contributed by atoms with E-state index < -0.39 is 21.7 Å². The molecule has 0 unspecified atom stereocenters. The van der Waals surface area contributed by atoms with Gasteiger partial charge in [0.25, 0.3) is 5.91 Å². The molecule has 0 bridgehead atoms. The maximum absolute atomic E-state index is 14.4. The first-order valence-corrected chi connectivity index (χ1v) is 11.2. The molecule has 1 N–H and O–H groups in total. The van der Waals surface area contributed by atoms with Crippen LogP contribution in [0.2, 0.25) is 0 Å². The SMILES string of the molecule is Cc1cccc(NC(=O)c2cc(S(=O)(=O)N3C[C@@H](C)C[C@H](C)C3)ccc2F)c1C. The van der Waals surface area contributed by atoms with Crippen LogP contribution in [0.25, 0.3) is 0 Å². The number of benzene rings is 2. The Morgan fingerprint density at radius 2 is 1.76 bits per heavy atom. The van der Waals surface area contributed by atoms with Gasteiger partial charge in [0.2, 0.25) is 10.0 Å². The van der Waals surface area contributed by atoms with Gasteiger partial charge in [-0.3, -0.25) is 4.79 Å². The average Bonchev–Trinajstić information content (AvgIpc) is 2.64. The van der Waals surface area contributed by atoms with Crippen LogP contribution < -0.4 is 5.32 Å². The minimum atomic E-state index is -3.80. The fourth-order valence-electron chi connectivity index (χ4n) is 3.87. The van der Waals surface area contributed by atoms with Crippen molar-refractivity contribution in [1.29, 1.82) is 0 Å². The molecule has 5 nitrogen and oxygen atoms in total. The van der Waals surface area contributed by atoms with E-state index in [2.05, 4.69) is 5.32 Å². The monoisotopic (exact) mass is 418 g/mol. The molecule has 156 valence electrons. The highest BCUT2D eigenvalue weighted by Crippen LogP contribution is 2.28. The van der Waals surface area contributed by atoms with Crippen LogP contribution in [0.4, 0.5) is 10.1 Å². The number of carbonyl (C=O) groups excluding carboxylic acids is 1. The summed E-state index contributed by atoms with van der Waals surface area (Å²) in [5.74, 6) is -0.928. The Bertz CT molecular complexity index is 1030. The van der Waals surface area contributed by atoms with Gasteiger partial charge in [-0.15, -0.1) is 0 Å². The van der Waals surface area contributed by atoms with Gasteiger partial charge < -0.3 is 5.32 Å². The number of halogens is 1. The minimum Gasteiger partial charge on any atom is -0.322 e. The standard InChI is InChI=1S/C22H27FN2O3S/c1-14-10-15(2)13-25(12-14)29(27,28)18-8-9-20(23)19(11-18)22(26)24-21-7-5-6-16(3)17(21)4/h5-9,11,14-15H,10,12-13H2,1-4H3,(H,24,26)/t14-,15-/m0/s1. The van der Waals surface area contributed by atoms with E-state index in [1.807, 2.05) is 33.8 Å². The normalized spacial score (nSPS) is 20.4. The van der Waals surface area contributed by atoms with Gasteiger partial charge in [0.1, 0.15) is 5.82 Å². The molecule has 1 amide bonds. The molecule has 29 heavy (non-hydrogen) atoms. The Labute approximate surface area is 172 Å². The van der Waals surface area contributed by atoms with Crippen molar-refractivity contribution in [3.8, 4) is 0 Å². The second-order valence-corrected chi connectivity index (χ2v) is 10.0. The topological polar surface area (TPSA) is 66.5 Å². The third-order valence-corrected chi connectivity index (χ3v) is 7.34. The highest BCUT2D eigenvalue weighted by molar-refractivity contribution is 7.89. The predicted molar refractivity (Wildman–Crippen MR) is 112 cm³/mol. The van der Waals surface area contributed by atoms with Gasteiger partial charge in [0, 0.05) is 18.8 Å². The van der Waals surface area contributed by atoms with Gasteiger partial charge in [-0.1, -0.05) is 26.0 Å². The summed E-state index contributed by atoms with van der Waals surface area (Å²) in [4.78, 5) is 12.6. The lowest BCUT2D eigenvalue weighted by atomic mass is 9.94. The molecule has 0 saturated carbocycles. The summed E-state index contributed by atoms with van der Waals surface area (Å²) in [6.45, 7) is 8.67. The lowest BCUT2D eigenvalue weighted by Gasteiger charge is -2.34. The molecule has 3 rings (SSSR count). The van der Waals surface area contributed by atoms with Crippen LogP contribution >= 0.6 is 0 Å². The molecule has 0 aromatic heterocycles. The number of sulfonamides is 1. The Kier molecular flexibility index (Phi) is 6.10. The summed E-state index contributed by atoms with van der Waals surface area (Å²) in [6.07, 6.45) is 0.971. The smallest absolute Gasteiger partial charge is 0.258 e. The second-order valence-electron chi connectivity index (χ2n) is 8.11. The molecule has 1 fully saturated rings. The fraction of sp³-hybridized carbons (Fsp3) is 0.409. The van der Waals surface area contributed by atoms with Crippen LogP contribution in [-0.4, -0.2) is 31.7 Å². The van der Waals surface area contributed by atoms with Crippen LogP contribution in [0.3, 0.4) is 0 Å². The summed E-state index contributed by atoms with van der Waals surface area (Å²) in [6, 6.07) is 8.85. The Morgan fingerprint density at radius 1 is 1.10 bits per heavy atom. The summed E-state index contributed by atoms with van der Waals surface area (Å²) >= 11 is 0. The number of hydrogen-bond acceptors (Lipinski definition) is 3. The van der Waals surface area contributed by atoms with E-state index in [0.717, 1.165) is 29.7 Å². The molecule has 2 aromatic rings. The molecular formula is C22H27FN2O3S. The van der Waals surface area contributed by atoms with E-state index >= 15 is 0 Å². The summed E-state index contributed by atoms with van der Waals surface area (Å²) < 4.78 is 42.0. The van der Waals surface area contributed by atoms with E-state index in [-0.39, 0.29) is 22.3 Å². The van der Waals surface area contributed by atoms with E-state index in [9.17, 15) is 17.6 Å². The molecular weight excluding hydrogens is 391 g/mol. The largest absolute Gasteiger partial charge is 0.322 e. The summed E-state index contributed by atoms with van der Waals surface area (Å²) in [7, 11) is -3.80. The number of piperidine rings is 1. The quantitative estimate of drug-likeness (QED) is 0.802. The van der Waals surface area contributed by atoms with Gasteiger partial charge in [-0.05, 0) is 67.5 Å². The zero-order valence-electron chi connectivity index (χ0n) is 17.2. The number of nitrogens with zero attached hydrogens (tertiary/aromatic N) is 1. The average molecular weight is 419 g/mol. The first-order chi connectivity index (χ1) is 13.6. The molecule has 1 aliphatic heterocycles. The summed E-state index contributed by atoms with van der Waals surface area (Å²) in [5.41, 5.74) is 2.15. The van der Waals surface area contributed by atoms with Crippen molar-refractivity contribution in [1.82, 2.24) is 4.31 Å². The Hall–Kier alpha value is -2.25. The predicted octanol–water partition coefficient (Wildman–Crippen LogP) is 4.36. The number of aryl methyl sites for hydroxylation is 1. The van der Waals surface area contributed by atoms with Crippen molar-refractivity contribution in [3.05, 3.63) is 58.9 Å². The van der Waals surface area contributed by atoms with E-state index in [4.69, 9.17) is 0 Å². The highest BCUT2D eigenvalue weighted by atomic mass is 32.2. The van der Waals surface area contributed by atoms with Crippen molar-refractivity contribution in [2.75, 3.05) is 18.4 Å². The fourth-order valence-corrected chi connectivity index (χ4v) is 5.57. The molecule has 0 spiro atoms. The second kappa shape index (κ2) is 8.24. The number of hydrogen-bond donors (Lipinski definition) is 1. The number of nitrogens with one attached hydrogen (secondary N) is 1. The van der Waals surface area contributed by atoms with Crippen molar-refractivity contribution in [3.63, 3.8) is 0 Å². The van der Waals surface area contributed by atoms with Crippen LogP contribution in [0.5, 0.6) is 0 Å². The van der Waals surface area contributed by atoms with Crippen LogP contribution in [0.15, 0.2) is 41.3 Å². The van der Waals surface area contributed by atoms with Gasteiger partial charge in [-0.25, -0.2) is 12.8 Å². The number of carbonyl (C=O) groups is 1. The summed E-state index contributed by atoms with van der Waals surface area (Å²) in [5, 5.41) is 2.69. The van der Waals surface area contributed by atoms with Crippen molar-refractivity contribution < 1.29 is 17.6 Å². The van der Waals surface area contributed by atoms with E-state index in [0.29, 0.717) is 18.8 Å². The van der Waals surface area contributed by atoms with Gasteiger partial charge >= 0.3 is 0 Å². The first-order valence-electron chi connectivity index (χ1n) is 9.77. The maximum Gasteiger partial charge on any atom is 0.258 e. The zero-order chi connectivity index (χ0) is 21.3. The zero-order valence-corrected chi connectivity index (χ0v) is 18.0.